The number of anilines is 1. The Kier molecular flexibility index (Phi) is 4.03. The number of aromatic nitrogens is 5. The summed E-state index contributed by atoms with van der Waals surface area (Å²) in [5.74, 6) is 0.739. The van der Waals surface area contributed by atoms with Gasteiger partial charge in [0.2, 0.25) is 0 Å². The van der Waals surface area contributed by atoms with E-state index >= 15 is 0 Å². The molecule has 4 rings (SSSR count). The van der Waals surface area contributed by atoms with Gasteiger partial charge in [-0.15, -0.1) is 0 Å². The molecule has 0 spiro atoms. The summed E-state index contributed by atoms with van der Waals surface area (Å²) in [5, 5.41) is 8.41. The average Bonchev–Trinajstić information content (AvgIpc) is 3.06. The number of hydrogen-bond acceptors (Lipinski definition) is 5. The van der Waals surface area contributed by atoms with Crippen LogP contribution in [0.1, 0.15) is 20.0 Å². The first-order chi connectivity index (χ1) is 12.2. The van der Waals surface area contributed by atoms with Gasteiger partial charge in [0.25, 0.3) is 0 Å². The van der Waals surface area contributed by atoms with E-state index in [0.29, 0.717) is 0 Å². The Morgan fingerprint density at radius 3 is 2.84 bits per heavy atom. The van der Waals surface area contributed by atoms with E-state index in [-0.39, 0.29) is 7.47 Å². The van der Waals surface area contributed by atoms with Gasteiger partial charge in [-0.3, -0.25) is 0 Å². The van der Waals surface area contributed by atoms with E-state index < -0.39 is 0 Å². The van der Waals surface area contributed by atoms with Crippen molar-refractivity contribution in [3.05, 3.63) is 71.9 Å². The van der Waals surface area contributed by atoms with Crippen molar-refractivity contribution in [1.82, 2.24) is 24.6 Å². The average molecular weight is 353 g/mol. The molecular formula is C18H17ClN6. The second-order valence-electron chi connectivity index (χ2n) is 5.65. The lowest BCUT2D eigenvalue weighted by molar-refractivity contribution is 0.872. The number of halogens is 1. The third-order valence-electron chi connectivity index (χ3n) is 3.96. The fourth-order valence-corrected chi connectivity index (χ4v) is 2.77. The Hall–Kier alpha value is -2.99. The Morgan fingerprint density at radius 1 is 1.16 bits per heavy atom. The predicted molar refractivity (Wildman–Crippen MR) is 99.6 cm³/mol. The van der Waals surface area contributed by atoms with Gasteiger partial charge in [-0.05, 0) is 30.7 Å². The number of benzene rings is 1. The van der Waals surface area contributed by atoms with Crippen LogP contribution in [0.3, 0.4) is 0 Å². The van der Waals surface area contributed by atoms with Crippen LogP contribution in [0.5, 0.6) is 0 Å². The van der Waals surface area contributed by atoms with Crippen LogP contribution in [0, 0.1) is 0 Å². The van der Waals surface area contributed by atoms with Gasteiger partial charge >= 0.3 is 0 Å². The van der Waals surface area contributed by atoms with Crippen LogP contribution in [-0.2, 0) is 0 Å². The normalized spacial score (nSPS) is 12.2. The summed E-state index contributed by atoms with van der Waals surface area (Å²) in [6.07, 6.45) is 6.90. The third-order valence-corrected chi connectivity index (χ3v) is 4.21. The zero-order chi connectivity index (χ0) is 17.2. The summed E-state index contributed by atoms with van der Waals surface area (Å²) in [6, 6.07) is 11.6. The van der Waals surface area contributed by atoms with Gasteiger partial charge in [-0.1, -0.05) is 23.7 Å². The van der Waals surface area contributed by atoms with E-state index in [4.69, 9.17) is 11.6 Å². The zero-order valence-electron chi connectivity index (χ0n) is 13.5. The molecule has 1 N–H and O–H groups in total. The minimum absolute atomic E-state index is 0. The van der Waals surface area contributed by atoms with Crippen LogP contribution in [-0.4, -0.2) is 24.6 Å². The molecule has 25 heavy (non-hydrogen) atoms. The zero-order valence-corrected chi connectivity index (χ0v) is 14.2. The van der Waals surface area contributed by atoms with E-state index in [0.717, 1.165) is 33.3 Å². The molecule has 0 fully saturated rings. The molecule has 0 aliphatic heterocycles. The summed E-state index contributed by atoms with van der Waals surface area (Å²) < 4.78 is 1.72. The molecule has 7 heteroatoms. The Bertz CT molecular complexity index is 1020. The maximum Gasteiger partial charge on any atom is 0.164 e. The molecule has 1 atom stereocenters. The number of nitrogens with one attached hydrogen (secondary N) is 1. The minimum atomic E-state index is 0. The van der Waals surface area contributed by atoms with Crippen molar-refractivity contribution in [2.75, 3.05) is 5.32 Å². The maximum atomic E-state index is 5.95. The summed E-state index contributed by atoms with van der Waals surface area (Å²) >= 11 is 5.95. The molecule has 3 heterocycles. The van der Waals surface area contributed by atoms with Crippen molar-refractivity contribution in [3.63, 3.8) is 0 Å². The minimum Gasteiger partial charge on any atom is -0.363 e. The number of fused-ring (bicyclic) bond motifs is 1. The standard InChI is InChI=1S/C18H15ClN6.H2/c1-12(13-3-5-14(19)6-4-13)24-17-9-16(21-11-22-17)15-10-23-25-8-2-7-20-18(15)25;/h2-12H,1H3,(H,21,22,24);1H/t12-;/m0./s1. The lowest BCUT2D eigenvalue weighted by Gasteiger charge is -2.15. The molecule has 0 unspecified atom stereocenters. The third kappa shape index (κ3) is 3.16. The maximum absolute atomic E-state index is 5.95. The van der Waals surface area contributed by atoms with E-state index in [1.807, 2.05) is 42.6 Å². The molecule has 0 radical (unpaired) electrons. The number of nitrogens with zero attached hydrogens (tertiary/aromatic N) is 5. The van der Waals surface area contributed by atoms with Crippen LogP contribution in [0.2, 0.25) is 5.02 Å². The highest BCUT2D eigenvalue weighted by molar-refractivity contribution is 6.30. The molecule has 0 amide bonds. The van der Waals surface area contributed by atoms with E-state index in [1.54, 1.807) is 23.2 Å². The smallest absolute Gasteiger partial charge is 0.164 e. The summed E-state index contributed by atoms with van der Waals surface area (Å²) in [7, 11) is 0. The van der Waals surface area contributed by atoms with Crippen molar-refractivity contribution in [1.29, 1.82) is 0 Å². The number of hydrogen-bond donors (Lipinski definition) is 1. The second-order valence-corrected chi connectivity index (χ2v) is 6.09. The van der Waals surface area contributed by atoms with Crippen LogP contribution in [0.4, 0.5) is 5.82 Å². The molecule has 1 aromatic carbocycles. The molecule has 0 aliphatic carbocycles. The fraction of sp³-hybridized carbons (Fsp3) is 0.111. The highest BCUT2D eigenvalue weighted by atomic mass is 35.5. The summed E-state index contributed by atoms with van der Waals surface area (Å²) in [4.78, 5) is 13.0. The molecule has 6 nitrogen and oxygen atoms in total. The molecular weight excluding hydrogens is 336 g/mol. The SMILES string of the molecule is C[C@H](Nc1cc(-c2cnn3cccnc23)ncn1)c1ccc(Cl)cc1.[HH]. The fourth-order valence-electron chi connectivity index (χ4n) is 2.65. The van der Waals surface area contributed by atoms with Crippen molar-refractivity contribution in [2.45, 2.75) is 13.0 Å². The van der Waals surface area contributed by atoms with Gasteiger partial charge in [-0.25, -0.2) is 19.5 Å². The van der Waals surface area contributed by atoms with Gasteiger partial charge in [0.1, 0.15) is 12.1 Å². The first kappa shape index (κ1) is 15.5. The number of rotatable bonds is 4. The Labute approximate surface area is 151 Å². The molecule has 0 saturated carbocycles. The molecule has 0 bridgehead atoms. The Balaban J connectivity index is 0.00000196. The highest BCUT2D eigenvalue weighted by Crippen LogP contribution is 2.24. The van der Waals surface area contributed by atoms with Crippen LogP contribution in [0.25, 0.3) is 16.9 Å². The van der Waals surface area contributed by atoms with E-state index in [2.05, 4.69) is 32.3 Å². The first-order valence-corrected chi connectivity index (χ1v) is 8.21. The molecule has 4 aromatic rings. The van der Waals surface area contributed by atoms with Gasteiger partial charge in [-0.2, -0.15) is 5.10 Å². The first-order valence-electron chi connectivity index (χ1n) is 7.83. The van der Waals surface area contributed by atoms with Gasteiger partial charge in [0.05, 0.1) is 17.5 Å². The van der Waals surface area contributed by atoms with Gasteiger partial charge in [0.15, 0.2) is 5.65 Å². The largest absolute Gasteiger partial charge is 0.363 e. The lowest BCUT2D eigenvalue weighted by Crippen LogP contribution is -2.08. The lowest BCUT2D eigenvalue weighted by atomic mass is 10.1. The quantitative estimate of drug-likeness (QED) is 0.594. The van der Waals surface area contributed by atoms with Crippen molar-refractivity contribution < 1.29 is 1.43 Å². The van der Waals surface area contributed by atoms with Crippen molar-refractivity contribution in [2.24, 2.45) is 0 Å². The molecule has 3 aromatic heterocycles. The van der Waals surface area contributed by atoms with Crippen LogP contribution >= 0.6 is 11.6 Å². The molecule has 126 valence electrons. The van der Waals surface area contributed by atoms with E-state index in [9.17, 15) is 0 Å². The molecule has 0 saturated heterocycles. The van der Waals surface area contributed by atoms with Crippen molar-refractivity contribution >= 4 is 23.1 Å². The summed E-state index contributed by atoms with van der Waals surface area (Å²) in [6.45, 7) is 2.07. The Morgan fingerprint density at radius 2 is 2.00 bits per heavy atom. The van der Waals surface area contributed by atoms with Gasteiger partial charge < -0.3 is 5.32 Å². The topological polar surface area (TPSA) is 68.0 Å². The van der Waals surface area contributed by atoms with Crippen molar-refractivity contribution in [3.8, 4) is 11.3 Å². The second kappa shape index (κ2) is 6.49. The van der Waals surface area contributed by atoms with E-state index in [1.165, 1.54) is 0 Å². The van der Waals surface area contributed by atoms with Gasteiger partial charge in [0, 0.05) is 31.0 Å². The van der Waals surface area contributed by atoms with Crippen LogP contribution in [0.15, 0.2) is 61.3 Å². The van der Waals surface area contributed by atoms with Crippen LogP contribution < -0.4 is 5.32 Å². The predicted octanol–water partition coefficient (Wildman–Crippen LogP) is 4.26. The summed E-state index contributed by atoms with van der Waals surface area (Å²) in [5.41, 5.74) is 3.53. The highest BCUT2D eigenvalue weighted by Gasteiger charge is 2.11. The molecule has 0 aliphatic rings. The monoisotopic (exact) mass is 352 g/mol.